The Morgan fingerprint density at radius 2 is 1.95 bits per heavy atom. The Kier molecular flexibility index (Phi) is 8.36. The van der Waals surface area contributed by atoms with Gasteiger partial charge in [-0.05, 0) is 78.1 Å². The molecule has 0 radical (unpaired) electrons. The van der Waals surface area contributed by atoms with Gasteiger partial charge in [0.25, 0.3) is 0 Å². The Morgan fingerprint density at radius 3 is 2.62 bits per heavy atom. The molecule has 0 amide bonds. The second-order valence-corrected chi connectivity index (χ2v) is 11.7. The van der Waals surface area contributed by atoms with E-state index in [-0.39, 0.29) is 5.41 Å². The highest BCUT2D eigenvalue weighted by atomic mass is 32.1. The van der Waals surface area contributed by atoms with E-state index in [1.54, 1.807) is 11.3 Å². The summed E-state index contributed by atoms with van der Waals surface area (Å²) in [4.78, 5) is 5.65. The summed E-state index contributed by atoms with van der Waals surface area (Å²) in [6.07, 6.45) is 10.6. The van der Waals surface area contributed by atoms with E-state index in [0.717, 1.165) is 62.4 Å². The molecule has 0 bridgehead atoms. The van der Waals surface area contributed by atoms with Crippen LogP contribution in [0.4, 0.5) is 5.69 Å². The average Bonchev–Trinajstić information content (AvgIpc) is 3.56. The maximum absolute atomic E-state index is 4.59. The number of pyridine rings is 1. The van der Waals surface area contributed by atoms with E-state index >= 15 is 0 Å². The highest BCUT2D eigenvalue weighted by Crippen LogP contribution is 2.33. The highest BCUT2D eigenvalue weighted by Gasteiger charge is 2.15. The van der Waals surface area contributed by atoms with E-state index in [4.69, 9.17) is 0 Å². The Bertz CT molecular complexity index is 1580. The smallest absolute Gasteiger partial charge is 0.116 e. The van der Waals surface area contributed by atoms with Gasteiger partial charge >= 0.3 is 0 Å². The lowest BCUT2D eigenvalue weighted by atomic mass is 9.91. The monoisotopic (exact) mass is 535 g/mol. The van der Waals surface area contributed by atoms with Gasteiger partial charge in [-0.15, -0.1) is 11.3 Å². The molecule has 0 aliphatic heterocycles. The van der Waals surface area contributed by atoms with Crippen molar-refractivity contribution in [1.82, 2.24) is 20.5 Å². The molecule has 0 saturated heterocycles. The van der Waals surface area contributed by atoms with Crippen molar-refractivity contribution in [2.24, 2.45) is 5.41 Å². The Labute approximate surface area is 235 Å². The maximum Gasteiger partial charge on any atom is 0.116 e. The lowest BCUT2D eigenvalue weighted by molar-refractivity contribution is 0.403. The van der Waals surface area contributed by atoms with Crippen LogP contribution in [-0.2, 0) is 0 Å². The van der Waals surface area contributed by atoms with Crippen LogP contribution in [0.2, 0.25) is 0 Å². The summed E-state index contributed by atoms with van der Waals surface area (Å²) in [6, 6.07) is 10.4. The molecule has 0 saturated carbocycles. The van der Waals surface area contributed by atoms with Crippen molar-refractivity contribution < 1.29 is 0 Å². The minimum absolute atomic E-state index is 0.152. The number of hydrogen-bond donors (Lipinski definition) is 3. The summed E-state index contributed by atoms with van der Waals surface area (Å²) in [5, 5.41) is 17.7. The van der Waals surface area contributed by atoms with Crippen LogP contribution in [0.15, 0.2) is 97.5 Å². The van der Waals surface area contributed by atoms with Gasteiger partial charge in [0.2, 0.25) is 0 Å². The van der Waals surface area contributed by atoms with E-state index in [0.29, 0.717) is 5.70 Å². The van der Waals surface area contributed by atoms with Crippen LogP contribution in [0, 0.1) is 12.3 Å². The molecule has 39 heavy (non-hydrogen) atoms. The predicted octanol–water partition coefficient (Wildman–Crippen LogP) is 9.09. The van der Waals surface area contributed by atoms with Gasteiger partial charge in [-0.25, -0.2) is 0 Å². The lowest BCUT2D eigenvalue weighted by Gasteiger charge is -2.21. The quantitative estimate of drug-likeness (QED) is 0.177. The number of allylic oxidation sites excluding steroid dienone is 5. The summed E-state index contributed by atoms with van der Waals surface area (Å²) in [6.45, 7) is 23.3. The van der Waals surface area contributed by atoms with Gasteiger partial charge in [0.1, 0.15) is 5.69 Å². The number of thiophene rings is 1. The molecular formula is C33H37N5S. The fraction of sp³-hybridized carbons (Fsp3) is 0.212. The van der Waals surface area contributed by atoms with Crippen LogP contribution < -0.4 is 10.6 Å². The molecule has 0 atom stereocenters. The summed E-state index contributed by atoms with van der Waals surface area (Å²) in [7, 11) is 0. The van der Waals surface area contributed by atoms with Crippen LogP contribution in [0.3, 0.4) is 0 Å². The van der Waals surface area contributed by atoms with Crippen LogP contribution in [0.25, 0.3) is 32.6 Å². The number of H-pyrrole nitrogens is 1. The fourth-order valence-electron chi connectivity index (χ4n) is 4.51. The van der Waals surface area contributed by atoms with E-state index in [1.165, 1.54) is 4.88 Å². The third-order valence-electron chi connectivity index (χ3n) is 6.38. The van der Waals surface area contributed by atoms with Crippen molar-refractivity contribution in [3.8, 4) is 10.4 Å². The van der Waals surface area contributed by atoms with Gasteiger partial charge in [0, 0.05) is 33.4 Å². The Hall–Kier alpha value is -4.16. The largest absolute Gasteiger partial charge is 0.359 e. The Morgan fingerprint density at radius 1 is 1.15 bits per heavy atom. The molecule has 0 unspecified atom stereocenters. The van der Waals surface area contributed by atoms with Gasteiger partial charge in [0.05, 0.1) is 23.1 Å². The number of nitrogens with zero attached hydrogens (tertiary/aromatic N) is 2. The topological polar surface area (TPSA) is 65.6 Å². The van der Waals surface area contributed by atoms with Crippen LogP contribution in [-0.4, -0.2) is 15.2 Å². The number of aromatic amines is 1. The van der Waals surface area contributed by atoms with E-state index in [9.17, 15) is 0 Å². The van der Waals surface area contributed by atoms with Gasteiger partial charge < -0.3 is 10.6 Å². The van der Waals surface area contributed by atoms with Crippen molar-refractivity contribution in [1.29, 1.82) is 0 Å². The number of hydrogen-bond acceptors (Lipinski definition) is 5. The number of rotatable bonds is 10. The first-order chi connectivity index (χ1) is 18.6. The minimum atomic E-state index is 0.152. The molecule has 3 heterocycles. The van der Waals surface area contributed by atoms with Crippen LogP contribution in [0.1, 0.15) is 50.9 Å². The SMILES string of the molecule is C=C/C(=C\C(=C/C)c1ccc2[nH]nc(C(=C)Nc3cncc(-c4cccs4)c3C)c2c1)NC(=C)CC(C)(C)C. The average molecular weight is 536 g/mol. The standard InChI is InChI=1S/C33H37N5S/c1-9-24(16-26(10-2)35-21(3)18-33(6,7)8)25-13-14-29-27(17-25)32(38-37-29)23(5)36-30-20-34-19-28(22(30)4)31-12-11-15-39-31/h9-17,19-20,35-36H,2-3,5,18H2,1,4,6-8H3,(H,37,38)/b24-9+,26-16+. The zero-order valence-electron chi connectivity index (χ0n) is 23.5. The lowest BCUT2D eigenvalue weighted by Crippen LogP contribution is -2.16. The molecule has 4 aromatic rings. The normalized spacial score (nSPS) is 12.4. The van der Waals surface area contributed by atoms with Gasteiger partial charge in [-0.2, -0.15) is 5.10 Å². The van der Waals surface area contributed by atoms with Gasteiger partial charge in [-0.3, -0.25) is 10.1 Å². The maximum atomic E-state index is 4.59. The van der Waals surface area contributed by atoms with Crippen molar-refractivity contribution >= 4 is 39.2 Å². The third kappa shape index (κ3) is 6.65. The number of aromatic nitrogens is 3. The van der Waals surface area contributed by atoms with E-state index in [1.807, 2.05) is 25.4 Å². The van der Waals surface area contributed by atoms with Gasteiger partial charge in [0.15, 0.2) is 0 Å². The predicted molar refractivity (Wildman–Crippen MR) is 169 cm³/mol. The third-order valence-corrected chi connectivity index (χ3v) is 7.28. The van der Waals surface area contributed by atoms with Crippen molar-refractivity contribution in [3.63, 3.8) is 0 Å². The number of benzene rings is 1. The fourth-order valence-corrected chi connectivity index (χ4v) is 5.31. The van der Waals surface area contributed by atoms with Crippen molar-refractivity contribution in [2.75, 3.05) is 5.32 Å². The van der Waals surface area contributed by atoms with E-state index < -0.39 is 0 Å². The molecule has 0 aliphatic carbocycles. The van der Waals surface area contributed by atoms with E-state index in [2.05, 4.69) is 121 Å². The molecule has 0 fully saturated rings. The van der Waals surface area contributed by atoms with Crippen LogP contribution >= 0.6 is 11.3 Å². The first-order valence-corrected chi connectivity index (χ1v) is 13.9. The second kappa shape index (κ2) is 11.7. The first kappa shape index (κ1) is 27.9. The summed E-state index contributed by atoms with van der Waals surface area (Å²) in [5.74, 6) is 0. The molecule has 0 aliphatic rings. The number of nitrogens with one attached hydrogen (secondary N) is 3. The molecule has 5 nitrogen and oxygen atoms in total. The van der Waals surface area contributed by atoms with Crippen molar-refractivity contribution in [3.05, 3.63) is 114 Å². The summed E-state index contributed by atoms with van der Waals surface area (Å²) >= 11 is 1.70. The van der Waals surface area contributed by atoms with Gasteiger partial charge in [-0.1, -0.05) is 58.7 Å². The zero-order chi connectivity index (χ0) is 28.2. The zero-order valence-corrected chi connectivity index (χ0v) is 24.3. The molecular weight excluding hydrogens is 498 g/mol. The van der Waals surface area contributed by atoms with Crippen molar-refractivity contribution in [2.45, 2.75) is 41.0 Å². The molecule has 200 valence electrons. The number of fused-ring (bicyclic) bond motifs is 1. The second-order valence-electron chi connectivity index (χ2n) is 10.8. The summed E-state index contributed by atoms with van der Waals surface area (Å²) in [5.41, 5.74) is 9.72. The molecule has 6 heteroatoms. The molecule has 1 aromatic carbocycles. The molecule has 3 N–H and O–H groups in total. The molecule has 3 aromatic heterocycles. The highest BCUT2D eigenvalue weighted by molar-refractivity contribution is 7.13. The number of anilines is 1. The molecule has 4 rings (SSSR count). The van der Waals surface area contributed by atoms with Crippen LogP contribution in [0.5, 0.6) is 0 Å². The Balaban J connectivity index is 1.61. The first-order valence-electron chi connectivity index (χ1n) is 13.0. The molecule has 0 spiro atoms. The minimum Gasteiger partial charge on any atom is -0.359 e. The summed E-state index contributed by atoms with van der Waals surface area (Å²) < 4.78 is 0.